The lowest BCUT2D eigenvalue weighted by Gasteiger charge is -2.14. The molecule has 0 fully saturated rings. The van der Waals surface area contributed by atoms with Crippen LogP contribution in [0.2, 0.25) is 0 Å². The maximum atomic E-state index is 12.5. The molecule has 0 saturated heterocycles. The van der Waals surface area contributed by atoms with Crippen LogP contribution in [0.1, 0.15) is 37.6 Å². The van der Waals surface area contributed by atoms with Crippen molar-refractivity contribution in [2.24, 2.45) is 5.92 Å². The highest BCUT2D eigenvalue weighted by Gasteiger charge is 2.16. The highest BCUT2D eigenvalue weighted by Crippen LogP contribution is 2.19. The van der Waals surface area contributed by atoms with Gasteiger partial charge in [0.25, 0.3) is 0 Å². The van der Waals surface area contributed by atoms with Gasteiger partial charge >= 0.3 is 5.97 Å². The molecule has 118 valence electrons. The highest BCUT2D eigenvalue weighted by atomic mass is 79.9. The minimum Gasteiger partial charge on any atom is -0.462 e. The second kappa shape index (κ2) is 7.09. The number of fused-ring (bicyclic) bond motifs is 1. The smallest absolute Gasteiger partial charge is 0.343 e. The molecular formula is C17H20BrNO3. The molecular weight excluding hydrogens is 346 g/mol. The lowest BCUT2D eigenvalue weighted by Crippen LogP contribution is -2.21. The maximum absolute atomic E-state index is 12.5. The number of nitrogens with zero attached hydrogens (tertiary/aromatic N) is 1. The van der Waals surface area contributed by atoms with Crippen molar-refractivity contribution in [2.75, 3.05) is 6.61 Å². The van der Waals surface area contributed by atoms with Gasteiger partial charge in [0.05, 0.1) is 12.1 Å². The van der Waals surface area contributed by atoms with Gasteiger partial charge in [-0.05, 0) is 37.5 Å². The SMILES string of the molecule is CCOC(=O)c1cn(CCC(C)C)c2cc(Br)ccc2c1=O. The van der Waals surface area contributed by atoms with E-state index in [0.717, 1.165) is 23.0 Å². The zero-order valence-corrected chi connectivity index (χ0v) is 14.6. The summed E-state index contributed by atoms with van der Waals surface area (Å²) >= 11 is 3.44. The van der Waals surface area contributed by atoms with E-state index in [0.29, 0.717) is 11.3 Å². The van der Waals surface area contributed by atoms with Crippen LogP contribution >= 0.6 is 15.9 Å². The predicted octanol–water partition coefficient (Wildman–Crippen LogP) is 3.99. The quantitative estimate of drug-likeness (QED) is 0.752. The fourth-order valence-corrected chi connectivity index (χ4v) is 2.65. The second-order valence-electron chi connectivity index (χ2n) is 5.63. The second-order valence-corrected chi connectivity index (χ2v) is 6.55. The molecule has 0 spiro atoms. The van der Waals surface area contributed by atoms with Crippen LogP contribution in [-0.4, -0.2) is 17.1 Å². The Morgan fingerprint density at radius 3 is 2.73 bits per heavy atom. The third-order valence-corrected chi connectivity index (χ3v) is 3.98. The monoisotopic (exact) mass is 365 g/mol. The first-order valence-corrected chi connectivity index (χ1v) is 8.23. The molecule has 0 aliphatic carbocycles. The molecule has 2 aromatic rings. The Labute approximate surface area is 138 Å². The number of carbonyl (C=O) groups excluding carboxylic acids is 1. The van der Waals surface area contributed by atoms with Crippen LogP contribution in [-0.2, 0) is 11.3 Å². The summed E-state index contributed by atoms with van der Waals surface area (Å²) in [5, 5.41) is 0.539. The van der Waals surface area contributed by atoms with Crippen molar-refractivity contribution in [2.45, 2.75) is 33.7 Å². The Morgan fingerprint density at radius 2 is 2.09 bits per heavy atom. The highest BCUT2D eigenvalue weighted by molar-refractivity contribution is 9.10. The first kappa shape index (κ1) is 16.7. The molecule has 0 aliphatic rings. The lowest BCUT2D eigenvalue weighted by molar-refractivity contribution is 0.0524. The first-order chi connectivity index (χ1) is 10.4. The minimum absolute atomic E-state index is 0.0976. The molecule has 1 heterocycles. The molecule has 2 rings (SSSR count). The molecule has 1 aromatic carbocycles. The third-order valence-electron chi connectivity index (χ3n) is 3.49. The summed E-state index contributed by atoms with van der Waals surface area (Å²) < 4.78 is 7.87. The Balaban J connectivity index is 2.63. The predicted molar refractivity (Wildman–Crippen MR) is 91.3 cm³/mol. The molecule has 0 radical (unpaired) electrons. The molecule has 0 N–H and O–H groups in total. The van der Waals surface area contributed by atoms with Gasteiger partial charge < -0.3 is 9.30 Å². The van der Waals surface area contributed by atoms with Crippen LogP contribution in [0.25, 0.3) is 10.9 Å². The average molecular weight is 366 g/mol. The Bertz CT molecular complexity index is 749. The summed E-state index contributed by atoms with van der Waals surface area (Å²) in [6.45, 7) is 7.02. The van der Waals surface area contributed by atoms with E-state index >= 15 is 0 Å². The van der Waals surface area contributed by atoms with E-state index in [4.69, 9.17) is 4.74 Å². The van der Waals surface area contributed by atoms with E-state index in [9.17, 15) is 9.59 Å². The zero-order chi connectivity index (χ0) is 16.3. The standard InChI is InChI=1S/C17H20BrNO3/c1-4-22-17(21)14-10-19(8-7-11(2)3)15-9-12(18)5-6-13(15)16(14)20/h5-6,9-11H,4,7-8H2,1-3H3. The molecule has 22 heavy (non-hydrogen) atoms. The van der Waals surface area contributed by atoms with Crippen LogP contribution in [0.5, 0.6) is 0 Å². The molecule has 0 atom stereocenters. The summed E-state index contributed by atoms with van der Waals surface area (Å²) in [6, 6.07) is 5.47. The lowest BCUT2D eigenvalue weighted by atomic mass is 10.1. The molecule has 0 bridgehead atoms. The van der Waals surface area contributed by atoms with Gasteiger partial charge in [0, 0.05) is 22.6 Å². The maximum Gasteiger partial charge on any atom is 0.343 e. The number of aryl methyl sites for hydroxylation is 1. The topological polar surface area (TPSA) is 48.3 Å². The van der Waals surface area contributed by atoms with Crippen molar-refractivity contribution in [3.63, 3.8) is 0 Å². The van der Waals surface area contributed by atoms with Crippen LogP contribution < -0.4 is 5.43 Å². The van der Waals surface area contributed by atoms with Crippen LogP contribution in [0, 0.1) is 5.92 Å². The number of hydrogen-bond acceptors (Lipinski definition) is 3. The average Bonchev–Trinajstić information content (AvgIpc) is 2.46. The van der Waals surface area contributed by atoms with Crippen molar-refractivity contribution in [1.82, 2.24) is 4.57 Å². The van der Waals surface area contributed by atoms with Crippen molar-refractivity contribution in [1.29, 1.82) is 0 Å². The Hall–Kier alpha value is -1.62. The Kier molecular flexibility index (Phi) is 5.40. The number of carbonyl (C=O) groups is 1. The first-order valence-electron chi connectivity index (χ1n) is 7.43. The van der Waals surface area contributed by atoms with Gasteiger partial charge in [-0.3, -0.25) is 4.79 Å². The molecule has 0 aliphatic heterocycles. The van der Waals surface area contributed by atoms with Crippen molar-refractivity contribution >= 4 is 32.8 Å². The summed E-state index contributed by atoms with van der Waals surface area (Å²) in [7, 11) is 0. The number of ether oxygens (including phenoxy) is 1. The van der Waals surface area contributed by atoms with E-state index in [1.54, 1.807) is 19.2 Å². The van der Waals surface area contributed by atoms with Gasteiger partial charge in [0.2, 0.25) is 5.43 Å². The van der Waals surface area contributed by atoms with Crippen molar-refractivity contribution in [3.05, 3.63) is 44.7 Å². The number of halogens is 1. The molecule has 0 unspecified atom stereocenters. The Morgan fingerprint density at radius 1 is 1.36 bits per heavy atom. The van der Waals surface area contributed by atoms with E-state index < -0.39 is 5.97 Å². The molecule has 4 nitrogen and oxygen atoms in total. The number of benzene rings is 1. The number of esters is 1. The number of hydrogen-bond donors (Lipinski definition) is 0. The summed E-state index contributed by atoms with van der Waals surface area (Å²) in [5.41, 5.74) is 0.648. The molecule has 5 heteroatoms. The van der Waals surface area contributed by atoms with Gasteiger partial charge in [-0.15, -0.1) is 0 Å². The number of pyridine rings is 1. The zero-order valence-electron chi connectivity index (χ0n) is 13.1. The summed E-state index contributed by atoms with van der Waals surface area (Å²) in [5.74, 6) is -0.0247. The van der Waals surface area contributed by atoms with Crippen molar-refractivity contribution < 1.29 is 9.53 Å². The third kappa shape index (κ3) is 3.58. The van der Waals surface area contributed by atoms with E-state index in [1.807, 2.05) is 16.7 Å². The number of rotatable bonds is 5. The van der Waals surface area contributed by atoms with Gasteiger partial charge in [-0.25, -0.2) is 4.79 Å². The largest absolute Gasteiger partial charge is 0.462 e. The molecule has 0 amide bonds. The van der Waals surface area contributed by atoms with E-state index in [2.05, 4.69) is 29.8 Å². The molecule has 1 aromatic heterocycles. The van der Waals surface area contributed by atoms with Crippen LogP contribution in [0.3, 0.4) is 0 Å². The summed E-state index contributed by atoms with van der Waals surface area (Å²) in [4.78, 5) is 24.5. The van der Waals surface area contributed by atoms with Crippen LogP contribution in [0.4, 0.5) is 0 Å². The van der Waals surface area contributed by atoms with Gasteiger partial charge in [-0.2, -0.15) is 0 Å². The fraction of sp³-hybridized carbons (Fsp3) is 0.412. The minimum atomic E-state index is -0.560. The van der Waals surface area contributed by atoms with Gasteiger partial charge in [0.1, 0.15) is 5.56 Å². The van der Waals surface area contributed by atoms with Crippen LogP contribution in [0.15, 0.2) is 33.7 Å². The molecule has 0 saturated carbocycles. The summed E-state index contributed by atoms with van der Waals surface area (Å²) in [6.07, 6.45) is 2.59. The number of aromatic nitrogens is 1. The van der Waals surface area contributed by atoms with E-state index in [1.165, 1.54) is 0 Å². The fourth-order valence-electron chi connectivity index (χ4n) is 2.30. The van der Waals surface area contributed by atoms with Crippen molar-refractivity contribution in [3.8, 4) is 0 Å². The van der Waals surface area contributed by atoms with E-state index in [-0.39, 0.29) is 17.6 Å². The normalized spacial score (nSPS) is 11.1. The van der Waals surface area contributed by atoms with Gasteiger partial charge in [-0.1, -0.05) is 29.8 Å². The van der Waals surface area contributed by atoms with Gasteiger partial charge in [0.15, 0.2) is 0 Å².